The fourth-order valence-corrected chi connectivity index (χ4v) is 1.75. The predicted octanol–water partition coefficient (Wildman–Crippen LogP) is 2.11. The summed E-state index contributed by atoms with van der Waals surface area (Å²) < 4.78 is 4.92. The van der Waals surface area contributed by atoms with E-state index in [2.05, 4.69) is 10.6 Å². The number of methoxy groups -OCH3 is 1. The number of anilines is 1. The van der Waals surface area contributed by atoms with E-state index < -0.39 is 5.41 Å². The van der Waals surface area contributed by atoms with Crippen LogP contribution in [0.1, 0.15) is 25.8 Å². The molecular weight excluding hydrogens is 268 g/mol. The molecule has 0 aliphatic rings. The zero-order valence-corrected chi connectivity index (χ0v) is 13.2. The highest BCUT2D eigenvalue weighted by Gasteiger charge is 2.35. The lowest BCUT2D eigenvalue weighted by Crippen LogP contribution is -2.45. The second-order valence-corrected chi connectivity index (χ2v) is 5.55. The monoisotopic (exact) mass is 292 g/mol. The van der Waals surface area contributed by atoms with Crippen molar-refractivity contribution >= 4 is 17.5 Å². The van der Waals surface area contributed by atoms with Crippen molar-refractivity contribution in [1.29, 1.82) is 0 Å². The molecule has 0 saturated heterocycles. The number of carbonyl (C=O) groups is 2. The van der Waals surface area contributed by atoms with Gasteiger partial charge in [-0.3, -0.25) is 9.59 Å². The third-order valence-corrected chi connectivity index (χ3v) is 3.22. The predicted molar refractivity (Wildman–Crippen MR) is 83.1 cm³/mol. The summed E-state index contributed by atoms with van der Waals surface area (Å²) in [5.74, 6) is -0.610. The highest BCUT2D eigenvalue weighted by Crippen LogP contribution is 2.19. The molecule has 116 valence electrons. The molecule has 1 aromatic carbocycles. The molecule has 1 rings (SSSR count). The molecule has 0 bridgehead atoms. The SMILES string of the molecule is COCCCNC(=O)C(C)(C)C(=O)Nc1cccc(C)c1. The maximum atomic E-state index is 12.3. The van der Waals surface area contributed by atoms with Crippen LogP contribution in [-0.2, 0) is 14.3 Å². The van der Waals surface area contributed by atoms with Crippen molar-refractivity contribution in [2.75, 3.05) is 25.6 Å². The highest BCUT2D eigenvalue weighted by molar-refractivity contribution is 6.09. The van der Waals surface area contributed by atoms with Crippen LogP contribution < -0.4 is 10.6 Å². The van der Waals surface area contributed by atoms with E-state index in [-0.39, 0.29) is 11.8 Å². The Bertz CT molecular complexity index is 498. The van der Waals surface area contributed by atoms with Gasteiger partial charge in [-0.05, 0) is 44.9 Å². The smallest absolute Gasteiger partial charge is 0.239 e. The fourth-order valence-electron chi connectivity index (χ4n) is 1.75. The molecule has 0 fully saturated rings. The second kappa shape index (κ2) is 7.78. The number of nitrogens with one attached hydrogen (secondary N) is 2. The Balaban J connectivity index is 2.59. The van der Waals surface area contributed by atoms with Crippen molar-refractivity contribution in [2.45, 2.75) is 27.2 Å². The van der Waals surface area contributed by atoms with E-state index in [4.69, 9.17) is 4.74 Å². The molecular formula is C16H24N2O3. The number of benzene rings is 1. The molecule has 2 amide bonds. The molecule has 0 saturated carbocycles. The third kappa shape index (κ3) is 5.19. The van der Waals surface area contributed by atoms with Gasteiger partial charge in [0, 0.05) is 25.9 Å². The highest BCUT2D eigenvalue weighted by atomic mass is 16.5. The zero-order valence-electron chi connectivity index (χ0n) is 13.2. The maximum Gasteiger partial charge on any atom is 0.239 e. The van der Waals surface area contributed by atoms with Crippen molar-refractivity contribution in [1.82, 2.24) is 5.32 Å². The number of ether oxygens (including phenoxy) is 1. The zero-order chi connectivity index (χ0) is 15.9. The number of hydrogen-bond donors (Lipinski definition) is 2. The van der Waals surface area contributed by atoms with E-state index in [1.807, 2.05) is 25.1 Å². The second-order valence-electron chi connectivity index (χ2n) is 5.55. The topological polar surface area (TPSA) is 67.4 Å². The van der Waals surface area contributed by atoms with Gasteiger partial charge in [0.2, 0.25) is 11.8 Å². The molecule has 0 aliphatic heterocycles. The van der Waals surface area contributed by atoms with Crippen LogP contribution in [0.15, 0.2) is 24.3 Å². The van der Waals surface area contributed by atoms with Crippen LogP contribution in [0.5, 0.6) is 0 Å². The number of amides is 2. The van der Waals surface area contributed by atoms with Crippen LogP contribution in [0.25, 0.3) is 0 Å². The van der Waals surface area contributed by atoms with Crippen molar-refractivity contribution in [3.63, 3.8) is 0 Å². The van der Waals surface area contributed by atoms with E-state index in [9.17, 15) is 9.59 Å². The number of aryl methyl sites for hydroxylation is 1. The first-order valence-electron chi connectivity index (χ1n) is 7.03. The maximum absolute atomic E-state index is 12.3. The normalized spacial score (nSPS) is 11.0. The molecule has 5 nitrogen and oxygen atoms in total. The largest absolute Gasteiger partial charge is 0.385 e. The van der Waals surface area contributed by atoms with Gasteiger partial charge in [-0.1, -0.05) is 12.1 Å². The molecule has 0 radical (unpaired) electrons. The minimum Gasteiger partial charge on any atom is -0.385 e. The third-order valence-electron chi connectivity index (χ3n) is 3.22. The summed E-state index contributed by atoms with van der Waals surface area (Å²) in [6, 6.07) is 7.48. The van der Waals surface area contributed by atoms with E-state index in [0.717, 1.165) is 12.0 Å². The minimum absolute atomic E-state index is 0.288. The van der Waals surface area contributed by atoms with Gasteiger partial charge in [0.15, 0.2) is 0 Å². The molecule has 21 heavy (non-hydrogen) atoms. The quantitative estimate of drug-likeness (QED) is 0.597. The Kier molecular flexibility index (Phi) is 6.37. The van der Waals surface area contributed by atoms with Gasteiger partial charge in [0.25, 0.3) is 0 Å². The molecule has 5 heteroatoms. The van der Waals surface area contributed by atoms with Gasteiger partial charge in [0.1, 0.15) is 5.41 Å². The minimum atomic E-state index is -1.13. The standard InChI is InChI=1S/C16H24N2O3/c1-12-7-5-8-13(11-12)18-15(20)16(2,3)14(19)17-9-6-10-21-4/h5,7-8,11H,6,9-10H2,1-4H3,(H,17,19)(H,18,20). The van der Waals surface area contributed by atoms with Crippen LogP contribution in [0.4, 0.5) is 5.69 Å². The van der Waals surface area contributed by atoms with Crippen molar-refractivity contribution in [3.8, 4) is 0 Å². The Morgan fingerprint density at radius 2 is 1.95 bits per heavy atom. The van der Waals surface area contributed by atoms with Crippen LogP contribution in [0, 0.1) is 12.3 Å². The molecule has 0 atom stereocenters. The first-order valence-corrected chi connectivity index (χ1v) is 7.03. The van der Waals surface area contributed by atoms with E-state index >= 15 is 0 Å². The van der Waals surface area contributed by atoms with Crippen LogP contribution in [0.3, 0.4) is 0 Å². The summed E-state index contributed by atoms with van der Waals surface area (Å²) in [7, 11) is 1.61. The summed E-state index contributed by atoms with van der Waals surface area (Å²) in [5.41, 5.74) is 0.617. The Hall–Kier alpha value is -1.88. The van der Waals surface area contributed by atoms with Crippen molar-refractivity contribution in [2.24, 2.45) is 5.41 Å². The summed E-state index contributed by atoms with van der Waals surface area (Å²) >= 11 is 0. The molecule has 0 unspecified atom stereocenters. The Morgan fingerprint density at radius 1 is 1.24 bits per heavy atom. The summed E-state index contributed by atoms with van der Waals surface area (Å²) in [6.45, 7) is 6.25. The average Bonchev–Trinajstić information content (AvgIpc) is 2.43. The van der Waals surface area contributed by atoms with Gasteiger partial charge in [-0.25, -0.2) is 0 Å². The van der Waals surface area contributed by atoms with E-state index in [1.165, 1.54) is 0 Å². The number of carbonyl (C=O) groups excluding carboxylic acids is 2. The molecule has 0 spiro atoms. The van der Waals surface area contributed by atoms with Crippen LogP contribution in [-0.4, -0.2) is 32.1 Å². The van der Waals surface area contributed by atoms with Gasteiger partial charge < -0.3 is 15.4 Å². The molecule has 0 aromatic heterocycles. The lowest BCUT2D eigenvalue weighted by molar-refractivity contribution is -0.138. The first-order chi connectivity index (χ1) is 9.87. The lowest BCUT2D eigenvalue weighted by Gasteiger charge is -2.22. The fraction of sp³-hybridized carbons (Fsp3) is 0.500. The summed E-state index contributed by atoms with van der Waals surface area (Å²) in [4.78, 5) is 24.4. The number of hydrogen-bond acceptors (Lipinski definition) is 3. The van der Waals surface area contributed by atoms with Gasteiger partial charge in [0.05, 0.1) is 0 Å². The van der Waals surface area contributed by atoms with Crippen molar-refractivity contribution < 1.29 is 14.3 Å². The van der Waals surface area contributed by atoms with Crippen LogP contribution >= 0.6 is 0 Å². The summed E-state index contributed by atoms with van der Waals surface area (Å²) in [6.07, 6.45) is 0.720. The first kappa shape index (κ1) is 17.2. The Labute approximate surface area is 126 Å². The van der Waals surface area contributed by atoms with Crippen molar-refractivity contribution in [3.05, 3.63) is 29.8 Å². The molecule has 1 aromatic rings. The van der Waals surface area contributed by atoms with Crippen LogP contribution in [0.2, 0.25) is 0 Å². The Morgan fingerprint density at radius 3 is 2.57 bits per heavy atom. The summed E-state index contributed by atoms with van der Waals surface area (Å²) in [5, 5.41) is 5.54. The van der Waals surface area contributed by atoms with Gasteiger partial charge in [-0.15, -0.1) is 0 Å². The van der Waals surface area contributed by atoms with E-state index in [0.29, 0.717) is 18.8 Å². The molecule has 0 heterocycles. The lowest BCUT2D eigenvalue weighted by atomic mass is 9.91. The number of rotatable bonds is 7. The van der Waals surface area contributed by atoms with Gasteiger partial charge in [-0.2, -0.15) is 0 Å². The average molecular weight is 292 g/mol. The molecule has 2 N–H and O–H groups in total. The molecule has 0 aliphatic carbocycles. The van der Waals surface area contributed by atoms with E-state index in [1.54, 1.807) is 27.0 Å². The van der Waals surface area contributed by atoms with Gasteiger partial charge >= 0.3 is 0 Å².